The summed E-state index contributed by atoms with van der Waals surface area (Å²) in [6, 6.07) is 7.86. The predicted molar refractivity (Wildman–Crippen MR) is 116 cm³/mol. The second kappa shape index (κ2) is 8.71. The lowest BCUT2D eigenvalue weighted by Crippen LogP contribution is -2.51. The van der Waals surface area contributed by atoms with E-state index in [1.165, 1.54) is 49.7 Å². The minimum atomic E-state index is 0.709. The number of rotatable bonds is 3. The average Bonchev–Trinajstić information content (AvgIpc) is 2.65. The predicted octanol–water partition coefficient (Wildman–Crippen LogP) is 4.98. The van der Waals surface area contributed by atoms with Gasteiger partial charge in [0.1, 0.15) is 0 Å². The number of benzene rings is 1. The van der Waals surface area contributed by atoms with Crippen LogP contribution in [0.25, 0.3) is 0 Å². The molecule has 1 saturated carbocycles. The number of nitrogens with zero attached hydrogens (tertiary/aromatic N) is 2. The van der Waals surface area contributed by atoms with E-state index in [1.54, 1.807) is 0 Å². The van der Waals surface area contributed by atoms with Crippen molar-refractivity contribution in [3.8, 4) is 0 Å². The molecule has 1 aromatic rings. The number of thiocarbonyl (C=S) groups is 1. The molecule has 144 valence electrons. The van der Waals surface area contributed by atoms with Crippen LogP contribution in [0, 0.1) is 19.8 Å². The van der Waals surface area contributed by atoms with Crippen molar-refractivity contribution in [3.63, 3.8) is 0 Å². The second-order valence-electron chi connectivity index (χ2n) is 8.39. The van der Waals surface area contributed by atoms with Crippen LogP contribution in [-0.4, -0.2) is 47.1 Å². The molecule has 1 aliphatic carbocycles. The van der Waals surface area contributed by atoms with Crippen molar-refractivity contribution in [1.29, 1.82) is 0 Å². The summed E-state index contributed by atoms with van der Waals surface area (Å²) in [6.07, 6.45) is 8.04. The van der Waals surface area contributed by atoms with Crippen molar-refractivity contribution >= 4 is 23.0 Å². The van der Waals surface area contributed by atoms with Gasteiger partial charge in [-0.05, 0) is 81.9 Å². The molecule has 1 saturated heterocycles. The lowest BCUT2D eigenvalue weighted by atomic mass is 9.84. The minimum absolute atomic E-state index is 0.709. The Hall–Kier alpha value is -1.13. The quantitative estimate of drug-likeness (QED) is 0.753. The molecule has 1 N–H and O–H groups in total. The molecule has 26 heavy (non-hydrogen) atoms. The van der Waals surface area contributed by atoms with Crippen LogP contribution in [0.4, 0.5) is 5.69 Å². The minimum Gasteiger partial charge on any atom is -0.349 e. The highest BCUT2D eigenvalue weighted by atomic mass is 32.1. The molecular weight excluding hydrogens is 338 g/mol. The maximum absolute atomic E-state index is 5.71. The third-order valence-corrected chi connectivity index (χ3v) is 7.12. The van der Waals surface area contributed by atoms with E-state index in [0.717, 1.165) is 35.8 Å². The Labute approximate surface area is 165 Å². The third-order valence-electron chi connectivity index (χ3n) is 6.76. The molecule has 2 fully saturated rings. The lowest BCUT2D eigenvalue weighted by molar-refractivity contribution is 0.0691. The monoisotopic (exact) mass is 373 g/mol. The number of piperidine rings is 1. The summed E-state index contributed by atoms with van der Waals surface area (Å²) in [5.74, 6) is 0.846. The molecule has 2 atom stereocenters. The van der Waals surface area contributed by atoms with Crippen molar-refractivity contribution < 1.29 is 0 Å². The normalized spacial score (nSPS) is 24.7. The summed E-state index contributed by atoms with van der Waals surface area (Å²) >= 11 is 5.71. The SMILES string of the molecule is Cc1cccc(NC(=S)N2CCC(N(C)[C@H]3CCCC[C@H]3C)CC2)c1C. The van der Waals surface area contributed by atoms with E-state index in [4.69, 9.17) is 12.2 Å². The Morgan fingerprint density at radius 1 is 1.12 bits per heavy atom. The van der Waals surface area contributed by atoms with E-state index in [9.17, 15) is 0 Å². The molecule has 0 amide bonds. The largest absolute Gasteiger partial charge is 0.349 e. The number of hydrogen-bond donors (Lipinski definition) is 1. The summed E-state index contributed by atoms with van der Waals surface area (Å²) in [5, 5.41) is 4.36. The second-order valence-corrected chi connectivity index (χ2v) is 8.78. The zero-order valence-electron chi connectivity index (χ0n) is 16.9. The topological polar surface area (TPSA) is 18.5 Å². The fourth-order valence-electron chi connectivity index (χ4n) is 4.73. The van der Waals surface area contributed by atoms with Gasteiger partial charge in [0, 0.05) is 30.9 Å². The fraction of sp³-hybridized carbons (Fsp3) is 0.682. The third kappa shape index (κ3) is 4.40. The van der Waals surface area contributed by atoms with Crippen LogP contribution in [0.3, 0.4) is 0 Å². The fourth-order valence-corrected chi connectivity index (χ4v) is 5.02. The van der Waals surface area contributed by atoms with Gasteiger partial charge in [0.15, 0.2) is 5.11 Å². The molecule has 3 rings (SSSR count). The Morgan fingerprint density at radius 2 is 1.81 bits per heavy atom. The molecule has 1 aromatic carbocycles. The highest BCUT2D eigenvalue weighted by molar-refractivity contribution is 7.80. The zero-order valence-corrected chi connectivity index (χ0v) is 17.7. The Bertz CT molecular complexity index is 622. The van der Waals surface area contributed by atoms with Gasteiger partial charge in [-0.15, -0.1) is 0 Å². The molecule has 2 aliphatic rings. The highest BCUT2D eigenvalue weighted by Gasteiger charge is 2.31. The van der Waals surface area contributed by atoms with E-state index in [2.05, 4.69) is 61.1 Å². The smallest absolute Gasteiger partial charge is 0.173 e. The molecule has 0 unspecified atom stereocenters. The summed E-state index contributed by atoms with van der Waals surface area (Å²) < 4.78 is 0. The molecule has 0 bridgehead atoms. The van der Waals surface area contributed by atoms with Crippen LogP contribution in [0.2, 0.25) is 0 Å². The van der Waals surface area contributed by atoms with Gasteiger partial charge in [0.2, 0.25) is 0 Å². The van der Waals surface area contributed by atoms with E-state index < -0.39 is 0 Å². The Morgan fingerprint density at radius 3 is 2.50 bits per heavy atom. The molecule has 0 radical (unpaired) electrons. The van der Waals surface area contributed by atoms with E-state index >= 15 is 0 Å². The highest BCUT2D eigenvalue weighted by Crippen LogP contribution is 2.30. The number of likely N-dealkylation sites (tertiary alicyclic amines) is 1. The van der Waals surface area contributed by atoms with Crippen molar-refractivity contribution in [2.24, 2.45) is 5.92 Å². The summed E-state index contributed by atoms with van der Waals surface area (Å²) in [7, 11) is 2.36. The number of anilines is 1. The maximum atomic E-state index is 5.71. The van der Waals surface area contributed by atoms with Crippen molar-refractivity contribution in [1.82, 2.24) is 9.80 Å². The first-order chi connectivity index (χ1) is 12.5. The first-order valence-electron chi connectivity index (χ1n) is 10.3. The van der Waals surface area contributed by atoms with E-state index in [1.807, 2.05) is 0 Å². The number of aryl methyl sites for hydroxylation is 1. The summed E-state index contributed by atoms with van der Waals surface area (Å²) in [5.41, 5.74) is 3.74. The molecule has 3 nitrogen and oxygen atoms in total. The molecule has 0 spiro atoms. The van der Waals surface area contributed by atoms with Gasteiger partial charge in [-0.1, -0.05) is 31.9 Å². The standard InChI is InChI=1S/C22H35N3S/c1-16-9-7-10-20(18(16)3)23-22(26)25-14-12-19(13-15-25)24(4)21-11-6-5-8-17(21)2/h7,9-10,17,19,21H,5-6,8,11-15H2,1-4H3,(H,23,26)/t17-,21+/m1/s1. The van der Waals surface area contributed by atoms with Crippen LogP contribution in [0.5, 0.6) is 0 Å². The van der Waals surface area contributed by atoms with E-state index in [-0.39, 0.29) is 0 Å². The van der Waals surface area contributed by atoms with Crippen LogP contribution in [0.15, 0.2) is 18.2 Å². The maximum Gasteiger partial charge on any atom is 0.173 e. The first-order valence-corrected chi connectivity index (χ1v) is 10.7. The van der Waals surface area contributed by atoms with Crippen molar-refractivity contribution in [2.45, 2.75) is 71.4 Å². The van der Waals surface area contributed by atoms with Crippen LogP contribution < -0.4 is 5.32 Å². The molecular formula is C22H35N3S. The zero-order chi connectivity index (χ0) is 18.7. The van der Waals surface area contributed by atoms with Gasteiger partial charge in [-0.2, -0.15) is 0 Å². The average molecular weight is 374 g/mol. The van der Waals surface area contributed by atoms with E-state index in [0.29, 0.717) is 6.04 Å². The van der Waals surface area contributed by atoms with Crippen molar-refractivity contribution in [3.05, 3.63) is 29.3 Å². The van der Waals surface area contributed by atoms with Crippen LogP contribution >= 0.6 is 12.2 Å². The molecule has 4 heteroatoms. The number of hydrogen-bond acceptors (Lipinski definition) is 2. The molecule has 1 heterocycles. The van der Waals surface area contributed by atoms with Gasteiger partial charge >= 0.3 is 0 Å². The summed E-state index contributed by atoms with van der Waals surface area (Å²) in [6.45, 7) is 8.88. The molecule has 1 aliphatic heterocycles. The van der Waals surface area contributed by atoms with Gasteiger partial charge in [-0.3, -0.25) is 0 Å². The Kier molecular flexibility index (Phi) is 6.57. The van der Waals surface area contributed by atoms with Gasteiger partial charge in [0.25, 0.3) is 0 Å². The van der Waals surface area contributed by atoms with Crippen LogP contribution in [0.1, 0.15) is 56.6 Å². The summed E-state index contributed by atoms with van der Waals surface area (Å²) in [4.78, 5) is 5.05. The number of nitrogens with one attached hydrogen (secondary N) is 1. The lowest BCUT2D eigenvalue weighted by Gasteiger charge is -2.44. The van der Waals surface area contributed by atoms with Crippen molar-refractivity contribution in [2.75, 3.05) is 25.5 Å². The van der Waals surface area contributed by atoms with Gasteiger partial charge in [-0.25, -0.2) is 0 Å². The molecule has 0 aromatic heterocycles. The van der Waals surface area contributed by atoms with Gasteiger partial charge in [0.05, 0.1) is 0 Å². The van der Waals surface area contributed by atoms with Crippen LogP contribution in [-0.2, 0) is 0 Å². The Balaban J connectivity index is 1.53. The van der Waals surface area contributed by atoms with Gasteiger partial charge < -0.3 is 15.1 Å². The first kappa shape index (κ1) is 19.6.